The number of hydrogen-bond acceptors (Lipinski definition) is 6. The third-order valence-corrected chi connectivity index (χ3v) is 5.53. The number of rotatable bonds is 5. The molecule has 0 radical (unpaired) electrons. The molecule has 1 atom stereocenters. The average Bonchev–Trinajstić information content (AvgIpc) is 3.29. The molecule has 31 heavy (non-hydrogen) atoms. The highest BCUT2D eigenvalue weighted by Crippen LogP contribution is 2.29. The van der Waals surface area contributed by atoms with E-state index in [1.807, 2.05) is 12.1 Å². The first-order valence-electron chi connectivity index (χ1n) is 10.5. The molecular formula is C23H27N5O3. The van der Waals surface area contributed by atoms with Crippen LogP contribution in [0, 0.1) is 0 Å². The van der Waals surface area contributed by atoms with Gasteiger partial charge in [0.25, 0.3) is 5.91 Å². The van der Waals surface area contributed by atoms with E-state index in [0.717, 1.165) is 38.3 Å². The Morgan fingerprint density at radius 1 is 1.00 bits per heavy atom. The van der Waals surface area contributed by atoms with Gasteiger partial charge in [-0.3, -0.25) is 25.3 Å². The number of carbonyl (C=O) groups excluding carboxylic acids is 2. The standard InChI is InChI=1S/C23H27N5O3/c1-17(29)24-25-23(30)21-15-22(31-26-21)19-7-9-20(10-8-19)28-13-11-27(12-14-28)16-18-5-3-2-4-6-18/h2-10,22H,11-16H2,1H3,(H,24,29)(H,25,30). The largest absolute Gasteiger partial charge is 0.387 e. The van der Waals surface area contributed by atoms with E-state index in [9.17, 15) is 9.59 Å². The van der Waals surface area contributed by atoms with E-state index < -0.39 is 5.91 Å². The van der Waals surface area contributed by atoms with Gasteiger partial charge in [0, 0.05) is 51.8 Å². The number of nitrogens with one attached hydrogen (secondary N) is 2. The first-order chi connectivity index (χ1) is 15.1. The van der Waals surface area contributed by atoms with Crippen LogP contribution in [-0.4, -0.2) is 48.6 Å². The minimum Gasteiger partial charge on any atom is -0.387 e. The van der Waals surface area contributed by atoms with Crippen molar-refractivity contribution in [1.82, 2.24) is 15.8 Å². The Labute approximate surface area is 181 Å². The van der Waals surface area contributed by atoms with Crippen molar-refractivity contribution >= 4 is 23.2 Å². The summed E-state index contributed by atoms with van der Waals surface area (Å²) in [5, 5.41) is 3.86. The lowest BCUT2D eigenvalue weighted by Gasteiger charge is -2.36. The highest BCUT2D eigenvalue weighted by Gasteiger charge is 2.27. The molecule has 1 fully saturated rings. The Kier molecular flexibility index (Phi) is 6.47. The number of hydrogen-bond donors (Lipinski definition) is 2. The van der Waals surface area contributed by atoms with Gasteiger partial charge < -0.3 is 9.74 Å². The van der Waals surface area contributed by atoms with Gasteiger partial charge in [0.15, 0.2) is 11.8 Å². The number of oxime groups is 1. The van der Waals surface area contributed by atoms with Crippen LogP contribution in [0.1, 0.15) is 30.6 Å². The van der Waals surface area contributed by atoms with E-state index in [1.54, 1.807) is 0 Å². The number of anilines is 1. The topological polar surface area (TPSA) is 86.3 Å². The molecule has 2 N–H and O–H groups in total. The summed E-state index contributed by atoms with van der Waals surface area (Å²) in [5.74, 6) is -0.802. The second kappa shape index (κ2) is 9.61. The van der Waals surface area contributed by atoms with Gasteiger partial charge in [-0.25, -0.2) is 0 Å². The van der Waals surface area contributed by atoms with Crippen LogP contribution in [0.5, 0.6) is 0 Å². The smallest absolute Gasteiger partial charge is 0.287 e. The van der Waals surface area contributed by atoms with E-state index in [1.165, 1.54) is 18.2 Å². The van der Waals surface area contributed by atoms with E-state index >= 15 is 0 Å². The first kappa shape index (κ1) is 20.9. The molecule has 1 saturated heterocycles. The predicted molar refractivity (Wildman–Crippen MR) is 118 cm³/mol. The lowest BCUT2D eigenvalue weighted by atomic mass is 10.0. The van der Waals surface area contributed by atoms with Gasteiger partial charge in [-0.1, -0.05) is 47.6 Å². The van der Waals surface area contributed by atoms with Crippen molar-refractivity contribution in [1.29, 1.82) is 0 Å². The molecular weight excluding hydrogens is 394 g/mol. The molecule has 0 saturated carbocycles. The molecule has 0 aromatic heterocycles. The molecule has 0 aliphatic carbocycles. The zero-order valence-electron chi connectivity index (χ0n) is 17.6. The quantitative estimate of drug-likeness (QED) is 0.722. The highest BCUT2D eigenvalue weighted by molar-refractivity contribution is 6.39. The molecule has 2 aromatic carbocycles. The molecule has 4 rings (SSSR count). The van der Waals surface area contributed by atoms with Crippen molar-refractivity contribution in [3.63, 3.8) is 0 Å². The summed E-state index contributed by atoms with van der Waals surface area (Å²) in [6.45, 7) is 6.35. The molecule has 8 heteroatoms. The minimum absolute atomic E-state index is 0.261. The minimum atomic E-state index is -0.456. The highest BCUT2D eigenvalue weighted by atomic mass is 16.6. The van der Waals surface area contributed by atoms with Gasteiger partial charge in [-0.05, 0) is 23.3 Å². The van der Waals surface area contributed by atoms with E-state index in [4.69, 9.17) is 4.84 Å². The average molecular weight is 422 g/mol. The lowest BCUT2D eigenvalue weighted by molar-refractivity contribution is -0.124. The van der Waals surface area contributed by atoms with E-state index in [2.05, 4.69) is 68.3 Å². The number of piperazine rings is 1. The van der Waals surface area contributed by atoms with E-state index in [0.29, 0.717) is 6.42 Å². The summed E-state index contributed by atoms with van der Waals surface area (Å²) in [4.78, 5) is 33.2. The van der Waals surface area contributed by atoms with Crippen molar-refractivity contribution in [2.75, 3.05) is 31.1 Å². The van der Waals surface area contributed by atoms with Crippen molar-refractivity contribution in [3.05, 3.63) is 65.7 Å². The SMILES string of the molecule is CC(=O)NNC(=O)C1=NOC(c2ccc(N3CCN(Cc4ccccc4)CC3)cc2)C1. The molecule has 162 valence electrons. The number of amides is 2. The summed E-state index contributed by atoms with van der Waals surface area (Å²) in [6.07, 6.45) is 0.0676. The van der Waals surface area contributed by atoms with Gasteiger partial charge in [0.1, 0.15) is 0 Å². The lowest BCUT2D eigenvalue weighted by Crippen LogP contribution is -2.45. The summed E-state index contributed by atoms with van der Waals surface area (Å²) < 4.78 is 0. The fourth-order valence-corrected chi connectivity index (χ4v) is 3.81. The Balaban J connectivity index is 1.26. The number of hydrazine groups is 1. The Morgan fingerprint density at radius 3 is 2.39 bits per heavy atom. The maximum absolute atomic E-state index is 12.0. The van der Waals surface area contributed by atoms with Crippen LogP contribution in [0.4, 0.5) is 5.69 Å². The first-order valence-corrected chi connectivity index (χ1v) is 10.5. The van der Waals surface area contributed by atoms with Gasteiger partial charge in [-0.2, -0.15) is 0 Å². The Hall–Kier alpha value is -3.39. The number of benzene rings is 2. The van der Waals surface area contributed by atoms with Crippen molar-refractivity contribution in [3.8, 4) is 0 Å². The zero-order valence-corrected chi connectivity index (χ0v) is 17.6. The van der Waals surface area contributed by atoms with Crippen LogP contribution >= 0.6 is 0 Å². The maximum Gasteiger partial charge on any atom is 0.287 e. The van der Waals surface area contributed by atoms with Crippen molar-refractivity contribution in [2.45, 2.75) is 26.0 Å². The van der Waals surface area contributed by atoms with Crippen LogP contribution in [0.25, 0.3) is 0 Å². The van der Waals surface area contributed by atoms with Crippen molar-refractivity contribution in [2.24, 2.45) is 5.16 Å². The molecule has 2 aliphatic heterocycles. The molecule has 2 amide bonds. The van der Waals surface area contributed by atoms with Gasteiger partial charge in [0.05, 0.1) is 0 Å². The zero-order chi connectivity index (χ0) is 21.6. The molecule has 2 heterocycles. The van der Waals surface area contributed by atoms with Crippen LogP contribution in [0.3, 0.4) is 0 Å². The van der Waals surface area contributed by atoms with Gasteiger partial charge >= 0.3 is 0 Å². The fourth-order valence-electron chi connectivity index (χ4n) is 3.81. The third kappa shape index (κ3) is 5.40. The molecule has 2 aliphatic rings. The summed E-state index contributed by atoms with van der Waals surface area (Å²) in [7, 11) is 0. The molecule has 1 unspecified atom stereocenters. The third-order valence-electron chi connectivity index (χ3n) is 5.53. The molecule has 2 aromatic rings. The predicted octanol–water partition coefficient (Wildman–Crippen LogP) is 1.99. The molecule has 0 bridgehead atoms. The summed E-state index contributed by atoms with van der Waals surface area (Å²) >= 11 is 0. The molecule has 0 spiro atoms. The number of carbonyl (C=O) groups is 2. The number of nitrogens with zero attached hydrogens (tertiary/aromatic N) is 3. The fraction of sp³-hybridized carbons (Fsp3) is 0.348. The van der Waals surface area contributed by atoms with Crippen molar-refractivity contribution < 1.29 is 14.4 Å². The molecule has 8 nitrogen and oxygen atoms in total. The van der Waals surface area contributed by atoms with E-state index in [-0.39, 0.29) is 17.7 Å². The van der Waals surface area contributed by atoms with Crippen LogP contribution in [0.15, 0.2) is 59.8 Å². The second-order valence-corrected chi connectivity index (χ2v) is 7.81. The van der Waals surface area contributed by atoms with Crippen LogP contribution < -0.4 is 15.8 Å². The Bertz CT molecular complexity index is 937. The summed E-state index contributed by atoms with van der Waals surface area (Å²) in [6, 6.07) is 18.8. The van der Waals surface area contributed by atoms with Crippen LogP contribution in [0.2, 0.25) is 0 Å². The van der Waals surface area contributed by atoms with Crippen LogP contribution in [-0.2, 0) is 21.0 Å². The van der Waals surface area contributed by atoms with Gasteiger partial charge in [-0.15, -0.1) is 0 Å². The Morgan fingerprint density at radius 2 is 1.71 bits per heavy atom. The van der Waals surface area contributed by atoms with Gasteiger partial charge in [0.2, 0.25) is 5.91 Å². The monoisotopic (exact) mass is 421 g/mol. The normalized spacial score (nSPS) is 18.8. The maximum atomic E-state index is 12.0. The summed E-state index contributed by atoms with van der Waals surface area (Å²) in [5.41, 5.74) is 8.33. The second-order valence-electron chi connectivity index (χ2n) is 7.81.